The Kier molecular flexibility index (Phi) is 3.78. The van der Waals surface area contributed by atoms with Gasteiger partial charge in [-0.15, -0.1) is 0 Å². The third-order valence-corrected chi connectivity index (χ3v) is 3.96. The highest BCUT2D eigenvalue weighted by molar-refractivity contribution is 7.89. The Hall–Kier alpha value is -1.58. The maximum absolute atomic E-state index is 13.4. The number of sulfonamides is 1. The Morgan fingerprint density at radius 3 is 2.68 bits per heavy atom. The van der Waals surface area contributed by atoms with E-state index in [1.165, 1.54) is 0 Å². The van der Waals surface area contributed by atoms with Gasteiger partial charge in [-0.05, 0) is 36.5 Å². The maximum Gasteiger partial charge on any atom is 0.242 e. The summed E-state index contributed by atoms with van der Waals surface area (Å²) in [4.78, 5) is 1.68. The Labute approximate surface area is 109 Å². The fourth-order valence-corrected chi connectivity index (χ4v) is 2.66. The van der Waals surface area contributed by atoms with Gasteiger partial charge >= 0.3 is 0 Å². The van der Waals surface area contributed by atoms with Gasteiger partial charge in [-0.2, -0.15) is 0 Å². The van der Waals surface area contributed by atoms with Crippen LogP contribution in [0, 0.1) is 5.82 Å². The van der Waals surface area contributed by atoms with Crippen LogP contribution in [0.15, 0.2) is 21.7 Å². The summed E-state index contributed by atoms with van der Waals surface area (Å²) >= 11 is 0. The van der Waals surface area contributed by atoms with Crippen molar-refractivity contribution in [3.63, 3.8) is 0 Å². The SMILES string of the molecule is CN(C)CCNS(=O)(=O)c1ccc(F)c2nonc12. The van der Waals surface area contributed by atoms with Crippen molar-refractivity contribution in [1.29, 1.82) is 0 Å². The van der Waals surface area contributed by atoms with E-state index in [0.717, 1.165) is 12.1 Å². The van der Waals surface area contributed by atoms with E-state index in [2.05, 4.69) is 19.7 Å². The number of fused-ring (bicyclic) bond motifs is 1. The quantitative estimate of drug-likeness (QED) is 0.845. The van der Waals surface area contributed by atoms with Crippen LogP contribution >= 0.6 is 0 Å². The Morgan fingerprint density at radius 1 is 1.32 bits per heavy atom. The highest BCUT2D eigenvalue weighted by Crippen LogP contribution is 2.22. The third kappa shape index (κ3) is 2.88. The highest BCUT2D eigenvalue weighted by Gasteiger charge is 2.22. The average Bonchev–Trinajstić information content (AvgIpc) is 2.77. The second-order valence-electron chi connectivity index (χ2n) is 4.21. The predicted octanol–water partition coefficient (Wildman–Crippen LogP) is 0.202. The summed E-state index contributed by atoms with van der Waals surface area (Å²) in [7, 11) is -0.124. The Morgan fingerprint density at radius 2 is 2.00 bits per heavy atom. The summed E-state index contributed by atoms with van der Waals surface area (Å²) in [5.41, 5.74) is -0.312. The van der Waals surface area contributed by atoms with Crippen LogP contribution < -0.4 is 4.72 Å². The first kappa shape index (κ1) is 13.8. The van der Waals surface area contributed by atoms with Gasteiger partial charge in [0.05, 0.1) is 0 Å². The van der Waals surface area contributed by atoms with Crippen LogP contribution in [0.25, 0.3) is 11.0 Å². The molecule has 0 aliphatic heterocycles. The first-order chi connectivity index (χ1) is 8.92. The van der Waals surface area contributed by atoms with Gasteiger partial charge in [-0.1, -0.05) is 0 Å². The number of hydrogen-bond donors (Lipinski definition) is 1. The van der Waals surface area contributed by atoms with E-state index in [1.54, 1.807) is 0 Å². The molecule has 1 aromatic heterocycles. The standard InChI is InChI=1S/C10H13FN4O3S/c1-15(2)6-5-12-19(16,17)8-4-3-7(11)9-10(8)14-18-13-9/h3-4,12H,5-6H2,1-2H3. The number of hydrogen-bond acceptors (Lipinski definition) is 6. The summed E-state index contributed by atoms with van der Waals surface area (Å²) in [5.74, 6) is -0.677. The van der Waals surface area contributed by atoms with E-state index in [1.807, 2.05) is 19.0 Å². The first-order valence-electron chi connectivity index (χ1n) is 5.47. The molecule has 2 rings (SSSR count). The number of rotatable bonds is 5. The number of nitrogens with zero attached hydrogens (tertiary/aromatic N) is 3. The largest absolute Gasteiger partial charge is 0.308 e. The highest BCUT2D eigenvalue weighted by atomic mass is 32.2. The normalized spacial score (nSPS) is 12.4. The summed E-state index contributed by atoms with van der Waals surface area (Å²) in [6.45, 7) is 0.778. The third-order valence-electron chi connectivity index (χ3n) is 2.47. The van der Waals surface area contributed by atoms with Gasteiger partial charge in [-0.25, -0.2) is 22.2 Å². The van der Waals surface area contributed by atoms with Crippen molar-refractivity contribution >= 4 is 21.1 Å². The summed E-state index contributed by atoms with van der Waals surface area (Å²) in [6.07, 6.45) is 0. The summed E-state index contributed by atoms with van der Waals surface area (Å²) in [6, 6.07) is 2.16. The lowest BCUT2D eigenvalue weighted by atomic mass is 10.3. The zero-order valence-electron chi connectivity index (χ0n) is 10.4. The van der Waals surface area contributed by atoms with Gasteiger partial charge in [0, 0.05) is 13.1 Å². The first-order valence-corrected chi connectivity index (χ1v) is 6.95. The fourth-order valence-electron chi connectivity index (χ4n) is 1.51. The van der Waals surface area contributed by atoms with Crippen molar-refractivity contribution in [2.45, 2.75) is 4.90 Å². The molecule has 0 atom stereocenters. The summed E-state index contributed by atoms with van der Waals surface area (Å²) in [5, 5.41) is 6.77. The van der Waals surface area contributed by atoms with Crippen LogP contribution in [-0.2, 0) is 10.0 Å². The molecule has 0 amide bonds. The van der Waals surface area contributed by atoms with E-state index >= 15 is 0 Å². The van der Waals surface area contributed by atoms with Crippen LogP contribution in [0.3, 0.4) is 0 Å². The lowest BCUT2D eigenvalue weighted by Gasteiger charge is -2.10. The molecule has 0 aliphatic carbocycles. The smallest absolute Gasteiger partial charge is 0.242 e. The molecule has 0 saturated heterocycles. The molecule has 0 radical (unpaired) electrons. The molecule has 9 heteroatoms. The minimum absolute atomic E-state index is 0.114. The zero-order valence-corrected chi connectivity index (χ0v) is 11.2. The van der Waals surface area contributed by atoms with Crippen molar-refractivity contribution in [3.8, 4) is 0 Å². The molecule has 0 spiro atoms. The molecule has 0 unspecified atom stereocenters. The van der Waals surface area contributed by atoms with Crippen molar-refractivity contribution < 1.29 is 17.4 Å². The van der Waals surface area contributed by atoms with E-state index in [4.69, 9.17) is 0 Å². The lowest BCUT2D eigenvalue weighted by molar-refractivity contribution is 0.314. The summed E-state index contributed by atoms with van der Waals surface area (Å²) < 4.78 is 44.3. The molecule has 0 saturated carbocycles. The number of nitrogens with one attached hydrogen (secondary N) is 1. The van der Waals surface area contributed by atoms with Crippen LogP contribution in [-0.4, -0.2) is 50.8 Å². The van der Waals surface area contributed by atoms with Crippen LogP contribution in [0.4, 0.5) is 4.39 Å². The topological polar surface area (TPSA) is 88.3 Å². The molecule has 0 aliphatic rings. The van der Waals surface area contributed by atoms with Gasteiger partial charge < -0.3 is 4.90 Å². The molecule has 7 nitrogen and oxygen atoms in total. The van der Waals surface area contributed by atoms with Gasteiger partial charge in [0.2, 0.25) is 10.0 Å². The second kappa shape index (κ2) is 5.19. The molecular weight excluding hydrogens is 275 g/mol. The molecular formula is C10H13FN4O3S. The zero-order chi connectivity index (χ0) is 14.0. The number of halogens is 1. The maximum atomic E-state index is 13.4. The number of aromatic nitrogens is 2. The number of benzene rings is 1. The molecule has 1 aromatic carbocycles. The van der Waals surface area contributed by atoms with Gasteiger partial charge in [0.15, 0.2) is 16.9 Å². The fraction of sp³-hybridized carbons (Fsp3) is 0.400. The van der Waals surface area contributed by atoms with E-state index in [9.17, 15) is 12.8 Å². The van der Waals surface area contributed by atoms with Crippen LogP contribution in [0.5, 0.6) is 0 Å². The van der Waals surface area contributed by atoms with Crippen LogP contribution in [0.2, 0.25) is 0 Å². The molecule has 1 N–H and O–H groups in total. The van der Waals surface area contributed by atoms with Crippen molar-refractivity contribution in [3.05, 3.63) is 17.9 Å². The molecule has 2 aromatic rings. The number of likely N-dealkylation sites (N-methyl/N-ethyl adjacent to an activating group) is 1. The molecule has 0 bridgehead atoms. The minimum atomic E-state index is -3.78. The van der Waals surface area contributed by atoms with Crippen molar-refractivity contribution in [1.82, 2.24) is 19.9 Å². The molecule has 19 heavy (non-hydrogen) atoms. The molecule has 0 fully saturated rings. The van der Waals surface area contributed by atoms with E-state index in [-0.39, 0.29) is 22.5 Å². The van der Waals surface area contributed by atoms with Gasteiger partial charge in [0.1, 0.15) is 4.90 Å². The molecule has 1 heterocycles. The lowest BCUT2D eigenvalue weighted by Crippen LogP contribution is -2.31. The Balaban J connectivity index is 2.33. The van der Waals surface area contributed by atoms with Crippen molar-refractivity contribution in [2.75, 3.05) is 27.2 Å². The second-order valence-corrected chi connectivity index (χ2v) is 5.94. The van der Waals surface area contributed by atoms with E-state index in [0.29, 0.717) is 6.54 Å². The molecule has 104 valence electrons. The van der Waals surface area contributed by atoms with E-state index < -0.39 is 15.8 Å². The average molecular weight is 288 g/mol. The monoisotopic (exact) mass is 288 g/mol. The minimum Gasteiger partial charge on any atom is -0.308 e. The van der Waals surface area contributed by atoms with Crippen LogP contribution in [0.1, 0.15) is 0 Å². The van der Waals surface area contributed by atoms with Gasteiger partial charge in [-0.3, -0.25) is 0 Å². The van der Waals surface area contributed by atoms with Crippen molar-refractivity contribution in [2.24, 2.45) is 0 Å². The predicted molar refractivity (Wildman–Crippen MR) is 65.5 cm³/mol. The Bertz CT molecular complexity index is 683. The van der Waals surface area contributed by atoms with Gasteiger partial charge in [0.25, 0.3) is 0 Å².